The Hall–Kier alpha value is -2.54. The van der Waals surface area contributed by atoms with Gasteiger partial charge in [0.15, 0.2) is 0 Å². The zero-order chi connectivity index (χ0) is 17.3. The lowest BCUT2D eigenvalue weighted by Gasteiger charge is -2.18. The number of likely N-dealkylation sites (tertiary alicyclic amines) is 1. The highest BCUT2D eigenvalue weighted by Crippen LogP contribution is 2.27. The maximum absolute atomic E-state index is 12.4. The summed E-state index contributed by atoms with van der Waals surface area (Å²) < 4.78 is 0. The van der Waals surface area contributed by atoms with Gasteiger partial charge in [-0.2, -0.15) is 0 Å². The molecule has 1 aromatic heterocycles. The van der Waals surface area contributed by atoms with E-state index >= 15 is 0 Å². The van der Waals surface area contributed by atoms with E-state index in [-0.39, 0.29) is 11.9 Å². The van der Waals surface area contributed by atoms with Gasteiger partial charge in [0.2, 0.25) is 0 Å². The number of amides is 2. The number of rotatable bonds is 2. The molecular formula is C16H17ClN4O3. The fourth-order valence-electron chi connectivity index (χ4n) is 2.84. The molecule has 8 heteroatoms. The van der Waals surface area contributed by atoms with Crippen LogP contribution in [0.2, 0.25) is 5.02 Å². The first-order valence-electron chi connectivity index (χ1n) is 7.58. The molecule has 24 heavy (non-hydrogen) atoms. The van der Waals surface area contributed by atoms with Crippen LogP contribution in [-0.4, -0.2) is 34.0 Å². The van der Waals surface area contributed by atoms with E-state index in [1.54, 1.807) is 23.1 Å². The Bertz CT molecular complexity index is 861. The SMILES string of the molecule is Cc1c(Cl)cccc1NC(=O)N1CCC(c2cc(=O)[nH]c(=O)[nH]2)C1. The zero-order valence-electron chi connectivity index (χ0n) is 13.1. The Morgan fingerprint density at radius 2 is 2.12 bits per heavy atom. The number of urea groups is 1. The minimum Gasteiger partial charge on any atom is -0.324 e. The number of benzene rings is 1. The van der Waals surface area contributed by atoms with Gasteiger partial charge in [0, 0.05) is 41.5 Å². The summed E-state index contributed by atoms with van der Waals surface area (Å²) >= 11 is 6.06. The number of anilines is 1. The molecule has 0 saturated carbocycles. The third-order valence-corrected chi connectivity index (χ3v) is 4.62. The third kappa shape index (κ3) is 3.35. The number of halogens is 1. The minimum atomic E-state index is -0.532. The maximum atomic E-state index is 12.4. The Balaban J connectivity index is 1.71. The molecule has 1 aliphatic heterocycles. The summed E-state index contributed by atoms with van der Waals surface area (Å²) in [6.07, 6.45) is 0.682. The van der Waals surface area contributed by atoms with E-state index in [1.807, 2.05) is 6.92 Å². The van der Waals surface area contributed by atoms with Gasteiger partial charge in [-0.1, -0.05) is 17.7 Å². The van der Waals surface area contributed by atoms with Gasteiger partial charge in [0.1, 0.15) is 0 Å². The fraction of sp³-hybridized carbons (Fsp3) is 0.312. The first-order valence-corrected chi connectivity index (χ1v) is 7.96. The monoisotopic (exact) mass is 348 g/mol. The Morgan fingerprint density at radius 3 is 2.88 bits per heavy atom. The highest BCUT2D eigenvalue weighted by atomic mass is 35.5. The molecule has 1 fully saturated rings. The maximum Gasteiger partial charge on any atom is 0.325 e. The summed E-state index contributed by atoms with van der Waals surface area (Å²) in [6, 6.07) is 6.48. The number of carbonyl (C=O) groups is 1. The van der Waals surface area contributed by atoms with Gasteiger partial charge in [-0.25, -0.2) is 9.59 Å². The molecule has 126 valence electrons. The van der Waals surface area contributed by atoms with Gasteiger partial charge in [-0.3, -0.25) is 9.78 Å². The molecule has 1 aliphatic rings. The summed E-state index contributed by atoms with van der Waals surface area (Å²) in [5.74, 6) is -0.0637. The second-order valence-corrected chi connectivity index (χ2v) is 6.22. The molecule has 1 aromatic carbocycles. The van der Waals surface area contributed by atoms with Crippen molar-refractivity contribution in [1.82, 2.24) is 14.9 Å². The van der Waals surface area contributed by atoms with E-state index in [0.717, 1.165) is 5.56 Å². The molecule has 0 radical (unpaired) electrons. The van der Waals surface area contributed by atoms with Crippen LogP contribution >= 0.6 is 11.6 Å². The van der Waals surface area contributed by atoms with Crippen molar-refractivity contribution in [2.75, 3.05) is 18.4 Å². The summed E-state index contributed by atoms with van der Waals surface area (Å²) in [7, 11) is 0. The topological polar surface area (TPSA) is 98.1 Å². The van der Waals surface area contributed by atoms with Gasteiger partial charge in [0.25, 0.3) is 5.56 Å². The van der Waals surface area contributed by atoms with Crippen molar-refractivity contribution >= 4 is 23.3 Å². The lowest BCUT2D eigenvalue weighted by Crippen LogP contribution is -2.33. The van der Waals surface area contributed by atoms with Crippen molar-refractivity contribution in [2.45, 2.75) is 19.3 Å². The Morgan fingerprint density at radius 1 is 1.33 bits per heavy atom. The summed E-state index contributed by atoms with van der Waals surface area (Å²) in [5.41, 5.74) is 1.06. The number of hydrogen-bond donors (Lipinski definition) is 3. The average molecular weight is 349 g/mol. The largest absolute Gasteiger partial charge is 0.325 e. The molecule has 3 N–H and O–H groups in total. The van der Waals surface area contributed by atoms with Crippen LogP contribution in [0.15, 0.2) is 33.9 Å². The summed E-state index contributed by atoms with van der Waals surface area (Å²) in [6.45, 7) is 2.82. The van der Waals surface area contributed by atoms with Crippen LogP contribution < -0.4 is 16.6 Å². The van der Waals surface area contributed by atoms with Crippen molar-refractivity contribution in [2.24, 2.45) is 0 Å². The van der Waals surface area contributed by atoms with Crippen molar-refractivity contribution in [3.63, 3.8) is 0 Å². The fourth-order valence-corrected chi connectivity index (χ4v) is 3.02. The zero-order valence-corrected chi connectivity index (χ0v) is 13.8. The van der Waals surface area contributed by atoms with Crippen molar-refractivity contribution in [3.05, 3.63) is 61.4 Å². The molecule has 1 atom stereocenters. The third-order valence-electron chi connectivity index (χ3n) is 4.21. The van der Waals surface area contributed by atoms with Gasteiger partial charge < -0.3 is 15.2 Å². The van der Waals surface area contributed by atoms with E-state index in [2.05, 4.69) is 15.3 Å². The molecular weight excluding hydrogens is 332 g/mol. The first-order chi connectivity index (χ1) is 11.4. The normalized spacial score (nSPS) is 17.1. The van der Waals surface area contributed by atoms with Gasteiger partial charge in [0.05, 0.1) is 0 Å². The van der Waals surface area contributed by atoms with Crippen LogP contribution in [0, 0.1) is 6.92 Å². The molecule has 2 aromatic rings. The van der Waals surface area contributed by atoms with Gasteiger partial charge in [-0.05, 0) is 31.0 Å². The molecule has 2 heterocycles. The number of hydrogen-bond acceptors (Lipinski definition) is 3. The lowest BCUT2D eigenvalue weighted by molar-refractivity contribution is 0.222. The van der Waals surface area contributed by atoms with Gasteiger partial charge >= 0.3 is 11.7 Å². The minimum absolute atomic E-state index is 0.0637. The number of aromatic amines is 2. The second-order valence-electron chi connectivity index (χ2n) is 5.82. The second kappa shape index (κ2) is 6.52. The van der Waals surface area contributed by atoms with E-state index in [4.69, 9.17) is 11.6 Å². The van der Waals surface area contributed by atoms with Crippen LogP contribution in [0.3, 0.4) is 0 Å². The number of aromatic nitrogens is 2. The van der Waals surface area contributed by atoms with Crippen LogP contribution in [0.5, 0.6) is 0 Å². The van der Waals surface area contributed by atoms with Gasteiger partial charge in [-0.15, -0.1) is 0 Å². The Kier molecular flexibility index (Phi) is 4.44. The van der Waals surface area contributed by atoms with Crippen molar-refractivity contribution in [3.8, 4) is 0 Å². The number of carbonyl (C=O) groups excluding carboxylic acids is 1. The average Bonchev–Trinajstić information content (AvgIpc) is 3.01. The predicted octanol–water partition coefficient (Wildman–Crippen LogP) is 2.05. The first kappa shape index (κ1) is 16.3. The van der Waals surface area contributed by atoms with Crippen LogP contribution in [0.25, 0.3) is 0 Å². The van der Waals surface area contributed by atoms with E-state index < -0.39 is 11.2 Å². The van der Waals surface area contributed by atoms with Crippen LogP contribution in [0.1, 0.15) is 23.6 Å². The number of H-pyrrole nitrogens is 2. The molecule has 1 saturated heterocycles. The number of nitrogens with one attached hydrogen (secondary N) is 3. The van der Waals surface area contributed by atoms with Crippen molar-refractivity contribution < 1.29 is 4.79 Å². The Labute approximate surface area is 142 Å². The van der Waals surface area contributed by atoms with E-state index in [9.17, 15) is 14.4 Å². The van der Waals surface area contributed by atoms with Crippen molar-refractivity contribution in [1.29, 1.82) is 0 Å². The highest BCUT2D eigenvalue weighted by Gasteiger charge is 2.28. The molecule has 2 amide bonds. The molecule has 0 aliphatic carbocycles. The van der Waals surface area contributed by atoms with E-state index in [0.29, 0.717) is 35.9 Å². The van der Waals surface area contributed by atoms with Crippen LogP contribution in [-0.2, 0) is 0 Å². The molecule has 7 nitrogen and oxygen atoms in total. The smallest absolute Gasteiger partial charge is 0.324 e. The van der Waals surface area contributed by atoms with E-state index in [1.165, 1.54) is 6.07 Å². The molecule has 0 bridgehead atoms. The molecule has 1 unspecified atom stereocenters. The molecule has 3 rings (SSSR count). The quantitative estimate of drug-likeness (QED) is 0.774. The summed E-state index contributed by atoms with van der Waals surface area (Å²) in [4.78, 5) is 41.6. The van der Waals surface area contributed by atoms with Crippen LogP contribution in [0.4, 0.5) is 10.5 Å². The molecule has 0 spiro atoms. The summed E-state index contributed by atoms with van der Waals surface area (Å²) in [5, 5.41) is 3.44. The standard InChI is InChI=1S/C16H17ClN4O3/c1-9-11(17)3-2-4-12(9)19-16(24)21-6-5-10(8-21)13-7-14(22)20-15(23)18-13/h2-4,7,10H,5-6,8H2,1H3,(H,19,24)(H2,18,20,22,23). The number of nitrogens with zero attached hydrogens (tertiary/aromatic N) is 1. The lowest BCUT2D eigenvalue weighted by atomic mass is 10.1. The predicted molar refractivity (Wildman–Crippen MR) is 91.8 cm³/mol. The highest BCUT2D eigenvalue weighted by molar-refractivity contribution is 6.31.